The molecule has 3 rings (SSSR count). The predicted molar refractivity (Wildman–Crippen MR) is 84.9 cm³/mol. The molecule has 0 radical (unpaired) electrons. The van der Waals surface area contributed by atoms with E-state index < -0.39 is 5.54 Å². The fraction of sp³-hybridized carbons (Fsp3) is 0.941. The van der Waals surface area contributed by atoms with Crippen molar-refractivity contribution in [3.8, 4) is 0 Å². The summed E-state index contributed by atoms with van der Waals surface area (Å²) in [4.78, 5) is 14.7. The van der Waals surface area contributed by atoms with Crippen molar-refractivity contribution < 1.29 is 4.79 Å². The highest BCUT2D eigenvalue weighted by atomic mass is 16.1. The van der Waals surface area contributed by atoms with Crippen LogP contribution in [0.3, 0.4) is 0 Å². The van der Waals surface area contributed by atoms with E-state index in [1.165, 1.54) is 38.8 Å². The first kappa shape index (κ1) is 15.3. The molecule has 1 amide bonds. The van der Waals surface area contributed by atoms with E-state index in [2.05, 4.69) is 24.1 Å². The van der Waals surface area contributed by atoms with Gasteiger partial charge in [0.05, 0.1) is 5.54 Å². The lowest BCUT2D eigenvalue weighted by Crippen LogP contribution is -2.57. The van der Waals surface area contributed by atoms with E-state index in [1.54, 1.807) is 0 Å². The van der Waals surface area contributed by atoms with Crippen LogP contribution in [0.2, 0.25) is 0 Å². The zero-order valence-corrected chi connectivity index (χ0v) is 13.6. The Balaban J connectivity index is 1.65. The quantitative estimate of drug-likeness (QED) is 0.718. The Morgan fingerprint density at radius 3 is 2.19 bits per heavy atom. The second-order valence-corrected chi connectivity index (χ2v) is 7.98. The fourth-order valence-corrected chi connectivity index (χ4v) is 3.95. The Bertz CT molecular complexity index is 375. The minimum absolute atomic E-state index is 0.156. The lowest BCUT2D eigenvalue weighted by molar-refractivity contribution is -0.124. The van der Waals surface area contributed by atoms with Gasteiger partial charge in [-0.2, -0.15) is 0 Å². The molecule has 120 valence electrons. The molecule has 4 heteroatoms. The summed E-state index contributed by atoms with van der Waals surface area (Å²) in [6.45, 7) is 6.70. The normalized spacial score (nSPS) is 33.0. The van der Waals surface area contributed by atoms with Crippen molar-refractivity contribution in [2.45, 2.75) is 76.4 Å². The highest BCUT2D eigenvalue weighted by molar-refractivity contribution is 5.85. The van der Waals surface area contributed by atoms with Gasteiger partial charge < -0.3 is 11.1 Å². The molecule has 0 spiro atoms. The van der Waals surface area contributed by atoms with Crippen LogP contribution in [0.1, 0.15) is 58.8 Å². The minimum Gasteiger partial charge on any atom is -0.368 e. The average molecular weight is 293 g/mol. The fourth-order valence-electron chi connectivity index (χ4n) is 3.95. The molecule has 4 nitrogen and oxygen atoms in total. The Morgan fingerprint density at radius 1 is 1.19 bits per heavy atom. The van der Waals surface area contributed by atoms with Crippen molar-refractivity contribution >= 4 is 5.91 Å². The standard InChI is InChI=1S/C17H31N3O/c1-12(2)19-17(16(18)21)8-7-15(9-17)20(10-13-3-4-13)11-14-5-6-14/h12-15,19H,3-11H2,1-2H3,(H2,18,21). The number of carbonyl (C=O) groups is 1. The van der Waals surface area contributed by atoms with Crippen molar-refractivity contribution in [3.05, 3.63) is 0 Å². The lowest BCUT2D eigenvalue weighted by atomic mass is 9.95. The van der Waals surface area contributed by atoms with Crippen LogP contribution in [0.15, 0.2) is 0 Å². The van der Waals surface area contributed by atoms with Gasteiger partial charge in [-0.1, -0.05) is 0 Å². The van der Waals surface area contributed by atoms with E-state index in [0.717, 1.165) is 31.1 Å². The van der Waals surface area contributed by atoms with Gasteiger partial charge in [-0.3, -0.25) is 9.69 Å². The van der Waals surface area contributed by atoms with Gasteiger partial charge in [0.2, 0.25) is 5.91 Å². The van der Waals surface area contributed by atoms with Gasteiger partial charge in [0, 0.05) is 25.2 Å². The van der Waals surface area contributed by atoms with Crippen LogP contribution in [0, 0.1) is 11.8 Å². The third-order valence-corrected chi connectivity index (χ3v) is 5.42. The Hall–Kier alpha value is -0.610. The first-order valence-electron chi connectivity index (χ1n) is 8.80. The number of nitrogens with one attached hydrogen (secondary N) is 1. The van der Waals surface area contributed by atoms with Crippen molar-refractivity contribution in [2.24, 2.45) is 17.6 Å². The molecule has 3 N–H and O–H groups in total. The molecule has 2 unspecified atom stereocenters. The molecule has 0 heterocycles. The van der Waals surface area contributed by atoms with Crippen LogP contribution in [-0.2, 0) is 4.79 Å². The highest BCUT2D eigenvalue weighted by Gasteiger charge is 2.47. The van der Waals surface area contributed by atoms with Gasteiger partial charge in [0.1, 0.15) is 0 Å². The molecule has 0 bridgehead atoms. The first-order chi connectivity index (χ1) is 9.98. The average Bonchev–Trinajstić information content (AvgIpc) is 3.31. The summed E-state index contributed by atoms with van der Waals surface area (Å²) >= 11 is 0. The zero-order chi connectivity index (χ0) is 15.0. The van der Waals surface area contributed by atoms with Gasteiger partial charge >= 0.3 is 0 Å². The summed E-state index contributed by atoms with van der Waals surface area (Å²) in [6, 6.07) is 0.849. The number of carbonyl (C=O) groups excluding carboxylic acids is 1. The molecule has 0 aliphatic heterocycles. The molecule has 2 atom stereocenters. The van der Waals surface area contributed by atoms with E-state index in [4.69, 9.17) is 5.73 Å². The number of hydrogen-bond donors (Lipinski definition) is 2. The maximum atomic E-state index is 12.0. The topological polar surface area (TPSA) is 58.4 Å². The summed E-state index contributed by atoms with van der Waals surface area (Å²) in [5, 5.41) is 3.48. The Kier molecular flexibility index (Phi) is 4.28. The Labute approximate surface area is 128 Å². The molecular weight excluding hydrogens is 262 g/mol. The maximum absolute atomic E-state index is 12.0. The maximum Gasteiger partial charge on any atom is 0.237 e. The van der Waals surface area contributed by atoms with Crippen LogP contribution in [0.4, 0.5) is 0 Å². The zero-order valence-electron chi connectivity index (χ0n) is 13.6. The molecule has 0 saturated heterocycles. The first-order valence-corrected chi connectivity index (χ1v) is 8.80. The van der Waals surface area contributed by atoms with Crippen LogP contribution < -0.4 is 11.1 Å². The van der Waals surface area contributed by atoms with Crippen LogP contribution in [0.25, 0.3) is 0 Å². The second-order valence-electron chi connectivity index (χ2n) is 7.98. The van der Waals surface area contributed by atoms with Gasteiger partial charge in [0.25, 0.3) is 0 Å². The third kappa shape index (κ3) is 3.78. The molecule has 0 aromatic carbocycles. The van der Waals surface area contributed by atoms with Crippen molar-refractivity contribution in [1.29, 1.82) is 0 Å². The number of nitrogens with two attached hydrogens (primary N) is 1. The van der Waals surface area contributed by atoms with E-state index in [1.807, 2.05) is 0 Å². The molecule has 21 heavy (non-hydrogen) atoms. The number of nitrogens with zero attached hydrogens (tertiary/aromatic N) is 1. The van der Waals surface area contributed by atoms with Crippen molar-refractivity contribution in [2.75, 3.05) is 13.1 Å². The second kappa shape index (κ2) is 5.88. The van der Waals surface area contributed by atoms with Crippen molar-refractivity contribution in [1.82, 2.24) is 10.2 Å². The van der Waals surface area contributed by atoms with Gasteiger partial charge in [-0.15, -0.1) is 0 Å². The summed E-state index contributed by atoms with van der Waals surface area (Å²) in [7, 11) is 0. The Morgan fingerprint density at radius 2 is 1.76 bits per heavy atom. The van der Waals surface area contributed by atoms with E-state index >= 15 is 0 Å². The third-order valence-electron chi connectivity index (χ3n) is 5.42. The summed E-state index contributed by atoms with van der Waals surface area (Å²) in [5.74, 6) is 1.69. The van der Waals surface area contributed by atoms with Gasteiger partial charge in [-0.05, 0) is 70.6 Å². The molecule has 3 aliphatic rings. The van der Waals surface area contributed by atoms with Crippen molar-refractivity contribution in [3.63, 3.8) is 0 Å². The van der Waals surface area contributed by atoms with Gasteiger partial charge in [0.15, 0.2) is 0 Å². The predicted octanol–water partition coefficient (Wildman–Crippen LogP) is 1.88. The smallest absolute Gasteiger partial charge is 0.237 e. The molecule has 0 aromatic rings. The largest absolute Gasteiger partial charge is 0.368 e. The number of amides is 1. The number of primary amides is 1. The van der Waals surface area contributed by atoms with E-state index in [-0.39, 0.29) is 5.91 Å². The highest BCUT2D eigenvalue weighted by Crippen LogP contribution is 2.39. The molecule has 0 aromatic heterocycles. The van der Waals surface area contributed by atoms with Gasteiger partial charge in [-0.25, -0.2) is 0 Å². The van der Waals surface area contributed by atoms with E-state index in [0.29, 0.717) is 12.1 Å². The number of hydrogen-bond acceptors (Lipinski definition) is 3. The van der Waals surface area contributed by atoms with Crippen LogP contribution >= 0.6 is 0 Å². The molecule has 3 saturated carbocycles. The SMILES string of the molecule is CC(C)NC1(C(N)=O)CCC(N(CC2CC2)CC2CC2)C1. The number of rotatable bonds is 8. The summed E-state index contributed by atoms with van der Waals surface area (Å²) in [5.41, 5.74) is 5.28. The lowest BCUT2D eigenvalue weighted by Gasteiger charge is -2.33. The minimum atomic E-state index is -0.468. The van der Waals surface area contributed by atoms with Crippen LogP contribution in [-0.4, -0.2) is 41.5 Å². The monoisotopic (exact) mass is 293 g/mol. The molecule has 3 aliphatic carbocycles. The summed E-state index contributed by atoms with van der Waals surface area (Å²) < 4.78 is 0. The summed E-state index contributed by atoms with van der Waals surface area (Å²) in [6.07, 6.45) is 8.52. The van der Waals surface area contributed by atoms with E-state index in [9.17, 15) is 4.79 Å². The molecular formula is C17H31N3O. The molecule has 3 fully saturated rings. The van der Waals surface area contributed by atoms with Crippen LogP contribution in [0.5, 0.6) is 0 Å².